The van der Waals surface area contributed by atoms with Crippen LogP contribution in [-0.2, 0) is 0 Å². The molecule has 0 atom stereocenters. The van der Waals surface area contributed by atoms with Gasteiger partial charge in [-0.3, -0.25) is 5.41 Å². The van der Waals surface area contributed by atoms with Gasteiger partial charge in [0.2, 0.25) is 0 Å². The molecule has 0 aliphatic carbocycles. The molecule has 2 aromatic rings. The fraction of sp³-hybridized carbons (Fsp3) is 0. The van der Waals surface area contributed by atoms with Crippen molar-refractivity contribution in [2.45, 2.75) is 0 Å². The molecule has 19 heavy (non-hydrogen) atoms. The first kappa shape index (κ1) is 13.5. The Kier molecular flexibility index (Phi) is 3.80. The average Bonchev–Trinajstić information content (AvgIpc) is 2.36. The number of ether oxygens (including phenoxy) is 1. The highest BCUT2D eigenvalue weighted by Crippen LogP contribution is 2.29. The molecule has 0 unspecified atom stereocenters. The lowest BCUT2D eigenvalue weighted by molar-refractivity contribution is 0.414. The summed E-state index contributed by atoms with van der Waals surface area (Å²) in [7, 11) is 0. The van der Waals surface area contributed by atoms with Gasteiger partial charge in [-0.05, 0) is 36.4 Å². The largest absolute Gasteiger partial charge is 0.451 e. The van der Waals surface area contributed by atoms with Crippen molar-refractivity contribution in [2.24, 2.45) is 5.73 Å². The summed E-state index contributed by atoms with van der Waals surface area (Å²) in [5.74, 6) is -1.80. The number of hydrogen-bond donors (Lipinski definition) is 2. The molecule has 0 aliphatic heterocycles. The molecule has 98 valence electrons. The maximum atomic E-state index is 13.7. The van der Waals surface area contributed by atoms with Crippen LogP contribution in [0.15, 0.2) is 40.9 Å². The van der Waals surface area contributed by atoms with Gasteiger partial charge >= 0.3 is 0 Å². The molecule has 3 nitrogen and oxygen atoms in total. The average molecular weight is 327 g/mol. The van der Waals surface area contributed by atoms with Crippen molar-refractivity contribution in [1.82, 2.24) is 0 Å². The van der Waals surface area contributed by atoms with Crippen LogP contribution in [0, 0.1) is 17.0 Å². The van der Waals surface area contributed by atoms with Crippen LogP contribution < -0.4 is 10.5 Å². The summed E-state index contributed by atoms with van der Waals surface area (Å²) < 4.78 is 33.0. The second-order valence-corrected chi connectivity index (χ2v) is 4.65. The molecule has 2 aromatic carbocycles. The van der Waals surface area contributed by atoms with Crippen molar-refractivity contribution in [3.63, 3.8) is 0 Å². The number of benzene rings is 2. The van der Waals surface area contributed by atoms with Gasteiger partial charge in [-0.2, -0.15) is 0 Å². The van der Waals surface area contributed by atoms with Crippen LogP contribution in [0.1, 0.15) is 5.56 Å². The number of nitrogens with two attached hydrogens (primary N) is 1. The Morgan fingerprint density at radius 1 is 1.05 bits per heavy atom. The molecule has 2 rings (SSSR count). The maximum absolute atomic E-state index is 13.7. The molecule has 0 amide bonds. The van der Waals surface area contributed by atoms with Crippen molar-refractivity contribution in [3.8, 4) is 11.5 Å². The van der Waals surface area contributed by atoms with Gasteiger partial charge in [0.25, 0.3) is 0 Å². The zero-order chi connectivity index (χ0) is 14.0. The number of nitrogens with one attached hydrogen (secondary N) is 1. The summed E-state index contributed by atoms with van der Waals surface area (Å²) in [6.45, 7) is 0. The topological polar surface area (TPSA) is 59.1 Å². The lowest BCUT2D eigenvalue weighted by Crippen LogP contribution is -2.11. The van der Waals surface area contributed by atoms with Gasteiger partial charge in [0, 0.05) is 10.0 Å². The monoisotopic (exact) mass is 326 g/mol. The summed E-state index contributed by atoms with van der Waals surface area (Å²) in [6, 6.07) is 7.91. The maximum Gasteiger partial charge on any atom is 0.166 e. The minimum absolute atomic E-state index is 0.0937. The molecule has 0 aliphatic rings. The van der Waals surface area contributed by atoms with Crippen LogP contribution in [0.25, 0.3) is 0 Å². The van der Waals surface area contributed by atoms with E-state index < -0.39 is 11.6 Å². The number of amidine groups is 1. The lowest BCUT2D eigenvalue weighted by Gasteiger charge is -2.09. The quantitative estimate of drug-likeness (QED) is 0.665. The van der Waals surface area contributed by atoms with E-state index in [1.807, 2.05) is 0 Å². The highest BCUT2D eigenvalue weighted by atomic mass is 79.9. The third-order valence-electron chi connectivity index (χ3n) is 2.36. The fourth-order valence-electron chi connectivity index (χ4n) is 1.43. The van der Waals surface area contributed by atoms with Crippen molar-refractivity contribution in [1.29, 1.82) is 5.41 Å². The van der Waals surface area contributed by atoms with Crippen molar-refractivity contribution >= 4 is 21.8 Å². The van der Waals surface area contributed by atoms with Crippen LogP contribution in [0.3, 0.4) is 0 Å². The van der Waals surface area contributed by atoms with Gasteiger partial charge < -0.3 is 10.5 Å². The van der Waals surface area contributed by atoms with Gasteiger partial charge in [-0.15, -0.1) is 0 Å². The Labute approximate surface area is 116 Å². The summed E-state index contributed by atoms with van der Waals surface area (Å²) in [6.07, 6.45) is 0. The Morgan fingerprint density at radius 2 is 1.79 bits per heavy atom. The Bertz CT molecular complexity index is 647. The molecule has 0 fully saturated rings. The van der Waals surface area contributed by atoms with E-state index >= 15 is 0 Å². The molecule has 0 saturated carbocycles. The molecular formula is C13H9BrF2N2O. The van der Waals surface area contributed by atoms with Gasteiger partial charge in [0.15, 0.2) is 23.1 Å². The van der Waals surface area contributed by atoms with Crippen LogP contribution >= 0.6 is 15.9 Å². The van der Waals surface area contributed by atoms with E-state index in [1.54, 1.807) is 0 Å². The Balaban J connectivity index is 2.33. The van der Waals surface area contributed by atoms with E-state index in [0.29, 0.717) is 4.47 Å². The minimum atomic E-state index is -0.716. The van der Waals surface area contributed by atoms with E-state index in [0.717, 1.165) is 6.07 Å². The summed E-state index contributed by atoms with van der Waals surface area (Å²) in [5, 5.41) is 7.19. The van der Waals surface area contributed by atoms with Gasteiger partial charge in [0.05, 0.1) is 0 Å². The number of hydrogen-bond acceptors (Lipinski definition) is 2. The minimum Gasteiger partial charge on any atom is -0.451 e. The number of halogens is 3. The molecule has 3 N–H and O–H groups in total. The third-order valence-corrected chi connectivity index (χ3v) is 2.85. The fourth-order valence-corrected chi connectivity index (χ4v) is 1.77. The van der Waals surface area contributed by atoms with E-state index in [2.05, 4.69) is 15.9 Å². The lowest BCUT2D eigenvalue weighted by atomic mass is 10.2. The molecule has 0 aromatic heterocycles. The SMILES string of the molecule is N=C(N)c1ccc(Oc2cc(Br)ccc2F)c(F)c1. The molecule has 0 bridgehead atoms. The predicted octanol–water partition coefficient (Wildman–Crippen LogP) is 3.80. The summed E-state index contributed by atoms with van der Waals surface area (Å²) in [4.78, 5) is 0. The standard InChI is InChI=1S/C13H9BrF2N2O/c14-8-2-3-9(15)12(6-8)19-11-4-1-7(13(17)18)5-10(11)16/h1-6H,(H3,17,18). The predicted molar refractivity (Wildman–Crippen MR) is 71.6 cm³/mol. The van der Waals surface area contributed by atoms with Crippen molar-refractivity contribution < 1.29 is 13.5 Å². The molecule has 0 radical (unpaired) electrons. The van der Waals surface area contributed by atoms with Gasteiger partial charge in [0.1, 0.15) is 5.84 Å². The molecular weight excluding hydrogens is 318 g/mol. The van der Waals surface area contributed by atoms with Crippen LogP contribution in [0.5, 0.6) is 11.5 Å². The molecule has 0 heterocycles. The summed E-state index contributed by atoms with van der Waals surface area (Å²) >= 11 is 3.17. The zero-order valence-corrected chi connectivity index (χ0v) is 11.2. The van der Waals surface area contributed by atoms with Crippen LogP contribution in [0.4, 0.5) is 8.78 Å². The highest BCUT2D eigenvalue weighted by Gasteiger charge is 2.10. The van der Waals surface area contributed by atoms with E-state index in [1.165, 1.54) is 30.3 Å². The first-order chi connectivity index (χ1) is 8.97. The highest BCUT2D eigenvalue weighted by molar-refractivity contribution is 9.10. The number of rotatable bonds is 3. The van der Waals surface area contributed by atoms with Crippen molar-refractivity contribution in [2.75, 3.05) is 0 Å². The van der Waals surface area contributed by atoms with E-state index in [-0.39, 0.29) is 22.9 Å². The first-order valence-corrected chi connectivity index (χ1v) is 6.03. The Hall–Kier alpha value is -1.95. The second-order valence-electron chi connectivity index (χ2n) is 3.74. The van der Waals surface area contributed by atoms with Crippen LogP contribution in [-0.4, -0.2) is 5.84 Å². The molecule has 0 saturated heterocycles. The summed E-state index contributed by atoms with van der Waals surface area (Å²) in [5.41, 5.74) is 5.47. The molecule has 0 spiro atoms. The number of nitrogen functional groups attached to an aromatic ring is 1. The van der Waals surface area contributed by atoms with Gasteiger partial charge in [-0.25, -0.2) is 8.78 Å². The van der Waals surface area contributed by atoms with Crippen LogP contribution in [0.2, 0.25) is 0 Å². The third kappa shape index (κ3) is 3.08. The normalized spacial score (nSPS) is 10.3. The zero-order valence-electron chi connectivity index (χ0n) is 9.58. The van der Waals surface area contributed by atoms with E-state index in [4.69, 9.17) is 15.9 Å². The Morgan fingerprint density at radius 3 is 2.42 bits per heavy atom. The van der Waals surface area contributed by atoms with Gasteiger partial charge in [-0.1, -0.05) is 15.9 Å². The first-order valence-electron chi connectivity index (χ1n) is 5.24. The van der Waals surface area contributed by atoms with Crippen molar-refractivity contribution in [3.05, 3.63) is 58.1 Å². The second kappa shape index (κ2) is 5.36. The van der Waals surface area contributed by atoms with E-state index in [9.17, 15) is 8.78 Å². The molecule has 6 heteroatoms. The smallest absolute Gasteiger partial charge is 0.166 e.